The number of nitrogens with one attached hydrogen (secondary N) is 3. The Morgan fingerprint density at radius 3 is 2.30 bits per heavy atom. The molecule has 1 rings (SSSR count). The molecule has 0 unspecified atom stereocenters. The Balaban J connectivity index is 2.42. The number of ether oxygens (including phenoxy) is 1. The molecule has 1 atom stereocenters. The molecule has 0 aliphatic heterocycles. The van der Waals surface area contributed by atoms with Crippen LogP contribution in [-0.2, 0) is 25.7 Å². The van der Waals surface area contributed by atoms with Crippen molar-refractivity contribution in [2.45, 2.75) is 32.9 Å². The SMILES string of the molecule is CC(C)C[C@H](NC(=O)CNC(=O)OCc1ccccc1)C(=O)NCC(=O)[O-]. The van der Waals surface area contributed by atoms with E-state index in [1.54, 1.807) is 12.1 Å². The van der Waals surface area contributed by atoms with Crippen molar-refractivity contribution < 1.29 is 29.0 Å². The molecule has 9 heteroatoms. The Hall–Kier alpha value is -3.10. The molecule has 0 aliphatic rings. The maximum atomic E-state index is 12.0. The number of benzene rings is 1. The Morgan fingerprint density at radius 2 is 1.70 bits per heavy atom. The molecule has 0 saturated carbocycles. The fourth-order valence-corrected chi connectivity index (χ4v) is 2.16. The van der Waals surface area contributed by atoms with E-state index in [1.165, 1.54) is 0 Å². The molecule has 1 aromatic rings. The van der Waals surface area contributed by atoms with E-state index in [1.807, 2.05) is 32.0 Å². The summed E-state index contributed by atoms with van der Waals surface area (Å²) in [5.41, 5.74) is 0.804. The number of hydrogen-bond acceptors (Lipinski definition) is 6. The summed E-state index contributed by atoms with van der Waals surface area (Å²) < 4.78 is 4.98. The highest BCUT2D eigenvalue weighted by Crippen LogP contribution is 2.05. The van der Waals surface area contributed by atoms with Crippen molar-refractivity contribution >= 4 is 23.9 Å². The predicted octanol–water partition coefficient (Wildman–Crippen LogP) is -0.690. The van der Waals surface area contributed by atoms with Crippen molar-refractivity contribution in [1.82, 2.24) is 16.0 Å². The van der Waals surface area contributed by atoms with Gasteiger partial charge in [0, 0.05) is 0 Å². The minimum Gasteiger partial charge on any atom is -0.548 e. The molecule has 0 spiro atoms. The van der Waals surface area contributed by atoms with E-state index in [-0.39, 0.29) is 19.1 Å². The maximum absolute atomic E-state index is 12.0. The van der Waals surface area contributed by atoms with Gasteiger partial charge in [-0.1, -0.05) is 44.2 Å². The summed E-state index contributed by atoms with van der Waals surface area (Å²) in [7, 11) is 0. The lowest BCUT2D eigenvalue weighted by Crippen LogP contribution is -2.51. The summed E-state index contributed by atoms with van der Waals surface area (Å²) in [6, 6.07) is 8.13. The molecule has 3 amide bonds. The summed E-state index contributed by atoms with van der Waals surface area (Å²) in [4.78, 5) is 46.0. The zero-order valence-corrected chi connectivity index (χ0v) is 15.3. The molecule has 0 aromatic heterocycles. The number of carboxylic acid groups (broad SMARTS) is 1. The number of carbonyl (C=O) groups excluding carboxylic acids is 4. The first-order valence-electron chi connectivity index (χ1n) is 8.49. The number of amides is 3. The van der Waals surface area contributed by atoms with Crippen LogP contribution in [0.2, 0.25) is 0 Å². The van der Waals surface area contributed by atoms with E-state index < -0.39 is 36.5 Å². The monoisotopic (exact) mass is 378 g/mol. The van der Waals surface area contributed by atoms with Gasteiger partial charge in [-0.05, 0) is 17.9 Å². The lowest BCUT2D eigenvalue weighted by Gasteiger charge is -2.20. The lowest BCUT2D eigenvalue weighted by atomic mass is 10.0. The quantitative estimate of drug-likeness (QED) is 0.493. The maximum Gasteiger partial charge on any atom is 0.407 e. The van der Waals surface area contributed by atoms with Crippen LogP contribution in [0.25, 0.3) is 0 Å². The normalized spacial score (nSPS) is 11.4. The van der Waals surface area contributed by atoms with Crippen molar-refractivity contribution in [1.29, 1.82) is 0 Å². The van der Waals surface area contributed by atoms with E-state index in [9.17, 15) is 24.3 Å². The molecule has 1 aromatic carbocycles. The first kappa shape index (κ1) is 21.9. The molecule has 27 heavy (non-hydrogen) atoms. The summed E-state index contributed by atoms with van der Waals surface area (Å²) in [5.74, 6) is -2.58. The second-order valence-electron chi connectivity index (χ2n) is 6.25. The van der Waals surface area contributed by atoms with Crippen LogP contribution in [0.5, 0.6) is 0 Å². The molecular weight excluding hydrogens is 354 g/mol. The van der Waals surface area contributed by atoms with Crippen molar-refractivity contribution in [3.63, 3.8) is 0 Å². The molecule has 0 aliphatic carbocycles. The Bertz CT molecular complexity index is 648. The van der Waals surface area contributed by atoms with Gasteiger partial charge in [-0.3, -0.25) is 9.59 Å². The number of alkyl carbamates (subject to hydrolysis) is 1. The number of aliphatic carboxylic acids is 1. The largest absolute Gasteiger partial charge is 0.548 e. The van der Waals surface area contributed by atoms with Crippen LogP contribution in [0.15, 0.2) is 30.3 Å². The first-order chi connectivity index (χ1) is 12.8. The van der Waals surface area contributed by atoms with Gasteiger partial charge >= 0.3 is 6.09 Å². The molecule has 0 heterocycles. The molecular formula is C18H24N3O6-. The average Bonchev–Trinajstić information content (AvgIpc) is 2.62. The van der Waals surface area contributed by atoms with Crippen LogP contribution in [0.1, 0.15) is 25.8 Å². The molecule has 9 nitrogen and oxygen atoms in total. The molecule has 148 valence electrons. The number of carbonyl (C=O) groups is 4. The van der Waals surface area contributed by atoms with Gasteiger partial charge in [-0.15, -0.1) is 0 Å². The third-order valence-corrected chi connectivity index (χ3v) is 3.37. The van der Waals surface area contributed by atoms with Crippen LogP contribution in [0.4, 0.5) is 4.79 Å². The number of carboxylic acids is 1. The van der Waals surface area contributed by atoms with E-state index in [0.717, 1.165) is 5.56 Å². The molecule has 0 fully saturated rings. The second kappa shape index (κ2) is 11.5. The van der Waals surface area contributed by atoms with Crippen LogP contribution in [0, 0.1) is 5.92 Å². The highest BCUT2D eigenvalue weighted by atomic mass is 16.5. The van der Waals surface area contributed by atoms with Gasteiger partial charge in [0.1, 0.15) is 19.2 Å². The summed E-state index contributed by atoms with van der Waals surface area (Å²) in [6.45, 7) is 2.74. The van der Waals surface area contributed by atoms with Gasteiger partial charge in [0.2, 0.25) is 11.8 Å². The Morgan fingerprint density at radius 1 is 1.04 bits per heavy atom. The fourth-order valence-electron chi connectivity index (χ4n) is 2.16. The average molecular weight is 378 g/mol. The van der Waals surface area contributed by atoms with Gasteiger partial charge in [0.25, 0.3) is 0 Å². The summed E-state index contributed by atoms with van der Waals surface area (Å²) >= 11 is 0. The van der Waals surface area contributed by atoms with Crippen LogP contribution >= 0.6 is 0 Å². The number of hydrogen-bond donors (Lipinski definition) is 3. The van der Waals surface area contributed by atoms with Crippen molar-refractivity contribution in [3.05, 3.63) is 35.9 Å². The van der Waals surface area contributed by atoms with Crippen molar-refractivity contribution in [2.75, 3.05) is 13.1 Å². The lowest BCUT2D eigenvalue weighted by molar-refractivity contribution is -0.304. The predicted molar refractivity (Wildman–Crippen MR) is 94.0 cm³/mol. The standard InChI is InChI=1S/C18H25N3O6/c1-12(2)8-14(17(25)19-10-16(23)24)21-15(22)9-20-18(26)27-11-13-6-4-3-5-7-13/h3-7,12,14H,8-11H2,1-2H3,(H,19,25)(H,20,26)(H,21,22)(H,23,24)/p-1/t14-/m0/s1. The van der Waals surface area contributed by atoms with Gasteiger partial charge in [-0.25, -0.2) is 4.79 Å². The topological polar surface area (TPSA) is 137 Å². The van der Waals surface area contributed by atoms with Gasteiger partial charge < -0.3 is 30.6 Å². The third kappa shape index (κ3) is 9.83. The smallest absolute Gasteiger partial charge is 0.407 e. The van der Waals surface area contributed by atoms with E-state index in [0.29, 0.717) is 6.42 Å². The minimum absolute atomic E-state index is 0.0654. The van der Waals surface area contributed by atoms with Gasteiger partial charge in [0.15, 0.2) is 0 Å². The first-order valence-corrected chi connectivity index (χ1v) is 8.49. The molecule has 3 N–H and O–H groups in total. The summed E-state index contributed by atoms with van der Waals surface area (Å²) in [6.07, 6.45) is -0.459. The zero-order chi connectivity index (χ0) is 20.2. The van der Waals surface area contributed by atoms with Crippen LogP contribution < -0.4 is 21.1 Å². The fraction of sp³-hybridized carbons (Fsp3) is 0.444. The van der Waals surface area contributed by atoms with E-state index in [4.69, 9.17) is 4.74 Å². The molecule has 0 bridgehead atoms. The number of rotatable bonds is 10. The van der Waals surface area contributed by atoms with Gasteiger partial charge in [0.05, 0.1) is 12.5 Å². The molecule has 0 saturated heterocycles. The van der Waals surface area contributed by atoms with Crippen molar-refractivity contribution in [3.8, 4) is 0 Å². The zero-order valence-electron chi connectivity index (χ0n) is 15.3. The van der Waals surface area contributed by atoms with Crippen molar-refractivity contribution in [2.24, 2.45) is 5.92 Å². The van der Waals surface area contributed by atoms with E-state index in [2.05, 4.69) is 16.0 Å². The summed E-state index contributed by atoms with van der Waals surface area (Å²) in [5, 5.41) is 17.4. The minimum atomic E-state index is -1.43. The van der Waals surface area contributed by atoms with Crippen LogP contribution in [0.3, 0.4) is 0 Å². The van der Waals surface area contributed by atoms with Gasteiger partial charge in [-0.2, -0.15) is 0 Å². The highest BCUT2D eigenvalue weighted by Gasteiger charge is 2.22. The Kier molecular flexibility index (Phi) is 9.35. The van der Waals surface area contributed by atoms with Crippen LogP contribution in [-0.4, -0.2) is 43.0 Å². The third-order valence-electron chi connectivity index (χ3n) is 3.37. The Labute approximate surface area is 157 Å². The second-order valence-corrected chi connectivity index (χ2v) is 6.25. The molecule has 0 radical (unpaired) electrons. The highest BCUT2D eigenvalue weighted by molar-refractivity contribution is 5.90. The van der Waals surface area contributed by atoms with E-state index >= 15 is 0 Å².